The van der Waals surface area contributed by atoms with Gasteiger partial charge < -0.3 is 9.72 Å². The summed E-state index contributed by atoms with van der Waals surface area (Å²) in [6.07, 6.45) is 0.664. The Morgan fingerprint density at radius 3 is 2.39 bits per heavy atom. The monoisotopic (exact) mass is 432 g/mol. The summed E-state index contributed by atoms with van der Waals surface area (Å²) in [6, 6.07) is 22.5. The fourth-order valence-corrected chi connectivity index (χ4v) is 6.03. The minimum atomic E-state index is -3.72. The number of benzene rings is 3. The number of hydrogen-bond donors (Lipinski definition) is 1. The lowest BCUT2D eigenvalue weighted by Crippen LogP contribution is -2.40. The molecule has 1 atom stereocenters. The van der Waals surface area contributed by atoms with E-state index in [1.165, 1.54) is 5.56 Å². The number of sulfonamides is 1. The van der Waals surface area contributed by atoms with Gasteiger partial charge in [0.1, 0.15) is 5.75 Å². The van der Waals surface area contributed by atoms with Gasteiger partial charge in [-0.15, -0.1) is 0 Å². The van der Waals surface area contributed by atoms with Crippen LogP contribution in [0, 0.1) is 6.92 Å². The van der Waals surface area contributed by atoms with Crippen LogP contribution in [0.4, 0.5) is 0 Å². The molecule has 158 valence electrons. The third-order valence-electron chi connectivity index (χ3n) is 6.05. The van der Waals surface area contributed by atoms with Crippen molar-refractivity contribution in [1.29, 1.82) is 0 Å². The summed E-state index contributed by atoms with van der Waals surface area (Å²) in [5, 5.41) is 1.16. The Balaban J connectivity index is 1.68. The highest BCUT2D eigenvalue weighted by Gasteiger charge is 2.39. The van der Waals surface area contributed by atoms with Crippen molar-refractivity contribution in [3.8, 4) is 5.75 Å². The van der Waals surface area contributed by atoms with Crippen LogP contribution in [0.2, 0.25) is 0 Å². The van der Waals surface area contributed by atoms with Crippen LogP contribution in [0.15, 0.2) is 77.7 Å². The lowest BCUT2D eigenvalue weighted by Gasteiger charge is -2.35. The highest BCUT2D eigenvalue weighted by molar-refractivity contribution is 7.89. The van der Waals surface area contributed by atoms with Gasteiger partial charge in [-0.1, -0.05) is 48.0 Å². The van der Waals surface area contributed by atoms with Crippen LogP contribution in [-0.4, -0.2) is 31.4 Å². The molecule has 0 saturated heterocycles. The Hall–Kier alpha value is -3.09. The Labute approximate surface area is 182 Å². The number of aryl methyl sites for hydroxylation is 1. The second-order valence-electron chi connectivity index (χ2n) is 7.92. The SMILES string of the molecule is COc1ccc(S(=O)(=O)N2CCc3c([nH]c4ccccc34)[C@@H]2c2ccc(C)cc2)cc1. The predicted molar refractivity (Wildman–Crippen MR) is 122 cm³/mol. The molecule has 6 heteroatoms. The van der Waals surface area contributed by atoms with E-state index in [1.54, 1.807) is 35.7 Å². The first-order chi connectivity index (χ1) is 15.0. The summed E-state index contributed by atoms with van der Waals surface area (Å²) >= 11 is 0. The van der Waals surface area contributed by atoms with Crippen molar-refractivity contribution < 1.29 is 13.2 Å². The van der Waals surface area contributed by atoms with Crippen molar-refractivity contribution in [3.63, 3.8) is 0 Å². The van der Waals surface area contributed by atoms with Crippen molar-refractivity contribution in [2.75, 3.05) is 13.7 Å². The van der Waals surface area contributed by atoms with Crippen molar-refractivity contribution in [2.45, 2.75) is 24.3 Å². The van der Waals surface area contributed by atoms with Crippen LogP contribution in [0.1, 0.15) is 28.4 Å². The van der Waals surface area contributed by atoms with Gasteiger partial charge in [-0.2, -0.15) is 4.31 Å². The predicted octanol–water partition coefficient (Wildman–Crippen LogP) is 4.82. The van der Waals surface area contributed by atoms with Crippen LogP contribution >= 0.6 is 0 Å². The Kier molecular flexibility index (Phi) is 4.84. The quantitative estimate of drug-likeness (QED) is 0.503. The molecule has 0 aliphatic carbocycles. The molecular formula is C25H24N2O3S. The number of aromatic nitrogens is 1. The molecule has 5 rings (SSSR count). The lowest BCUT2D eigenvalue weighted by molar-refractivity contribution is 0.340. The van der Waals surface area contributed by atoms with Gasteiger partial charge in [0, 0.05) is 23.1 Å². The molecule has 1 aromatic heterocycles. The second kappa shape index (κ2) is 7.55. The second-order valence-corrected chi connectivity index (χ2v) is 9.81. The molecule has 1 aliphatic heterocycles. The molecule has 0 amide bonds. The number of rotatable bonds is 4. The molecule has 0 spiro atoms. The van der Waals surface area contributed by atoms with Gasteiger partial charge in [-0.3, -0.25) is 0 Å². The minimum Gasteiger partial charge on any atom is -0.497 e. The Bertz CT molecular complexity index is 1340. The minimum absolute atomic E-state index is 0.268. The lowest BCUT2D eigenvalue weighted by atomic mass is 9.94. The third kappa shape index (κ3) is 3.32. The number of fused-ring (bicyclic) bond motifs is 3. The summed E-state index contributed by atoms with van der Waals surface area (Å²) in [7, 11) is -2.15. The van der Waals surface area contributed by atoms with Crippen molar-refractivity contribution in [2.24, 2.45) is 0 Å². The summed E-state index contributed by atoms with van der Waals surface area (Å²) in [4.78, 5) is 3.79. The summed E-state index contributed by atoms with van der Waals surface area (Å²) < 4.78 is 34.3. The number of H-pyrrole nitrogens is 1. The Morgan fingerprint density at radius 2 is 1.68 bits per heavy atom. The van der Waals surface area contributed by atoms with Gasteiger partial charge in [0.05, 0.1) is 18.0 Å². The summed E-state index contributed by atoms with van der Waals surface area (Å²) in [5.74, 6) is 0.630. The highest BCUT2D eigenvalue weighted by atomic mass is 32.2. The average Bonchev–Trinajstić information content (AvgIpc) is 3.18. The molecule has 5 nitrogen and oxygen atoms in total. The number of para-hydroxylation sites is 1. The standard InChI is InChI=1S/C25H24N2O3S/c1-17-7-9-18(10-8-17)25-24-22(21-5-3-4-6-23(21)26-24)15-16-27(25)31(28,29)20-13-11-19(30-2)12-14-20/h3-14,25-26H,15-16H2,1-2H3/t25-/m0/s1. The molecule has 3 aromatic carbocycles. The van der Waals surface area contributed by atoms with Gasteiger partial charge in [0.25, 0.3) is 0 Å². The average molecular weight is 433 g/mol. The van der Waals surface area contributed by atoms with Crippen LogP contribution < -0.4 is 4.74 Å². The maximum atomic E-state index is 13.7. The first-order valence-corrected chi connectivity index (χ1v) is 11.7. The highest BCUT2D eigenvalue weighted by Crippen LogP contribution is 2.41. The molecule has 1 N–H and O–H groups in total. The van der Waals surface area contributed by atoms with E-state index in [0.717, 1.165) is 27.7 Å². The molecular weight excluding hydrogens is 408 g/mol. The molecule has 4 aromatic rings. The van der Waals surface area contributed by atoms with E-state index in [9.17, 15) is 8.42 Å². The fraction of sp³-hybridized carbons (Fsp3) is 0.200. The summed E-state index contributed by atoms with van der Waals surface area (Å²) in [5.41, 5.74) is 5.28. The molecule has 0 saturated carbocycles. The molecule has 0 radical (unpaired) electrons. The molecule has 2 heterocycles. The van der Waals surface area contributed by atoms with E-state index in [2.05, 4.69) is 11.1 Å². The third-order valence-corrected chi connectivity index (χ3v) is 7.93. The first kappa shape index (κ1) is 19.8. The van der Waals surface area contributed by atoms with E-state index in [0.29, 0.717) is 18.7 Å². The number of ether oxygens (including phenoxy) is 1. The van der Waals surface area contributed by atoms with Gasteiger partial charge >= 0.3 is 0 Å². The van der Waals surface area contributed by atoms with Crippen LogP contribution in [0.25, 0.3) is 10.9 Å². The largest absolute Gasteiger partial charge is 0.497 e. The number of nitrogens with zero attached hydrogens (tertiary/aromatic N) is 1. The van der Waals surface area contributed by atoms with E-state index in [4.69, 9.17) is 4.74 Å². The van der Waals surface area contributed by atoms with E-state index < -0.39 is 16.1 Å². The molecule has 0 bridgehead atoms. The zero-order chi connectivity index (χ0) is 21.6. The molecule has 1 aliphatic rings. The van der Waals surface area contributed by atoms with E-state index in [-0.39, 0.29) is 4.90 Å². The molecule has 0 fully saturated rings. The van der Waals surface area contributed by atoms with E-state index >= 15 is 0 Å². The number of nitrogens with one attached hydrogen (secondary N) is 1. The van der Waals surface area contributed by atoms with Gasteiger partial charge in [0.15, 0.2) is 0 Å². The topological polar surface area (TPSA) is 62.4 Å². The van der Waals surface area contributed by atoms with Crippen molar-refractivity contribution in [3.05, 3.63) is 95.2 Å². The van der Waals surface area contributed by atoms with Gasteiger partial charge in [-0.05, 0) is 54.8 Å². The summed E-state index contributed by atoms with van der Waals surface area (Å²) in [6.45, 7) is 2.45. The van der Waals surface area contributed by atoms with Gasteiger partial charge in [0.2, 0.25) is 10.0 Å². The number of methoxy groups -OCH3 is 1. The number of hydrogen-bond acceptors (Lipinski definition) is 3. The van der Waals surface area contributed by atoms with Crippen LogP contribution in [0.3, 0.4) is 0 Å². The Morgan fingerprint density at radius 1 is 0.968 bits per heavy atom. The van der Waals surface area contributed by atoms with Crippen LogP contribution in [-0.2, 0) is 16.4 Å². The molecule has 31 heavy (non-hydrogen) atoms. The van der Waals surface area contributed by atoms with Crippen molar-refractivity contribution in [1.82, 2.24) is 9.29 Å². The zero-order valence-corrected chi connectivity index (χ0v) is 18.3. The normalized spacial score (nSPS) is 16.9. The van der Waals surface area contributed by atoms with Crippen LogP contribution in [0.5, 0.6) is 5.75 Å². The van der Waals surface area contributed by atoms with Crippen molar-refractivity contribution >= 4 is 20.9 Å². The zero-order valence-electron chi connectivity index (χ0n) is 17.5. The maximum absolute atomic E-state index is 13.7. The number of aromatic amines is 1. The smallest absolute Gasteiger partial charge is 0.244 e. The maximum Gasteiger partial charge on any atom is 0.244 e. The van der Waals surface area contributed by atoms with Gasteiger partial charge in [-0.25, -0.2) is 8.42 Å². The van der Waals surface area contributed by atoms with E-state index in [1.807, 2.05) is 49.4 Å². The molecule has 0 unspecified atom stereocenters. The fourth-order valence-electron chi connectivity index (χ4n) is 4.44. The first-order valence-electron chi connectivity index (χ1n) is 10.3.